The molecule has 0 saturated carbocycles. The average molecular weight is 334 g/mol. The van der Waals surface area contributed by atoms with E-state index in [9.17, 15) is 14.1 Å². The highest BCUT2D eigenvalue weighted by atomic mass is 35.5. The second-order valence-electron chi connectivity index (χ2n) is 4.24. The first-order valence-corrected chi connectivity index (χ1v) is 7.92. The van der Waals surface area contributed by atoms with Crippen LogP contribution in [-0.2, 0) is 20.9 Å². The van der Waals surface area contributed by atoms with E-state index in [0.717, 1.165) is 6.42 Å². The van der Waals surface area contributed by atoms with Crippen LogP contribution in [0.3, 0.4) is 0 Å². The zero-order valence-corrected chi connectivity index (χ0v) is 13.4. The van der Waals surface area contributed by atoms with Crippen molar-refractivity contribution in [3.63, 3.8) is 0 Å². The largest absolute Gasteiger partial charge is 0.465 e. The molecule has 0 aliphatic rings. The van der Waals surface area contributed by atoms with Crippen LogP contribution in [0.25, 0.3) is 0 Å². The fourth-order valence-corrected chi connectivity index (χ4v) is 3.12. The number of halogens is 1. The van der Waals surface area contributed by atoms with E-state index < -0.39 is 23.2 Å². The second kappa shape index (κ2) is 8.11. The Hall–Kier alpha value is -1.44. The van der Waals surface area contributed by atoms with Crippen molar-refractivity contribution in [2.45, 2.75) is 13.3 Å². The van der Waals surface area contributed by atoms with E-state index in [1.165, 1.54) is 23.5 Å². The van der Waals surface area contributed by atoms with Gasteiger partial charge in [0.1, 0.15) is 6.54 Å². The number of primary amides is 1. The molecule has 0 aliphatic heterocycles. The van der Waals surface area contributed by atoms with Crippen molar-refractivity contribution < 1.29 is 18.9 Å². The molecule has 8 heteroatoms. The minimum absolute atomic E-state index is 0.166. The second-order valence-corrected chi connectivity index (χ2v) is 6.20. The normalized spacial score (nSPS) is 11.8. The van der Waals surface area contributed by atoms with Gasteiger partial charge in [0.25, 0.3) is 11.4 Å². The molecule has 1 atom stereocenters. The van der Waals surface area contributed by atoms with Gasteiger partial charge in [-0.3, -0.25) is 4.79 Å². The van der Waals surface area contributed by atoms with Crippen LogP contribution in [0.5, 0.6) is 0 Å². The minimum atomic E-state index is -1.19. The highest BCUT2D eigenvalue weighted by Crippen LogP contribution is 2.25. The van der Waals surface area contributed by atoms with Crippen LogP contribution in [-0.4, -0.2) is 35.8 Å². The van der Waals surface area contributed by atoms with Crippen molar-refractivity contribution in [1.29, 1.82) is 0 Å². The molecule has 0 fully saturated rings. The summed E-state index contributed by atoms with van der Waals surface area (Å²) in [5.74, 6) is -0.656. The fraction of sp³-hybridized carbons (Fsp3) is 0.385. The zero-order valence-electron chi connectivity index (χ0n) is 11.8. The Labute approximate surface area is 131 Å². The van der Waals surface area contributed by atoms with Crippen LogP contribution in [0.15, 0.2) is 18.2 Å². The summed E-state index contributed by atoms with van der Waals surface area (Å²) in [5, 5.41) is 0.302. The Morgan fingerprint density at radius 2 is 2.10 bits per heavy atom. The lowest BCUT2D eigenvalue weighted by Crippen LogP contribution is -2.39. The van der Waals surface area contributed by atoms with Crippen molar-refractivity contribution in [2.24, 2.45) is 5.73 Å². The van der Waals surface area contributed by atoms with Crippen molar-refractivity contribution in [2.75, 3.05) is 23.7 Å². The van der Waals surface area contributed by atoms with Crippen molar-refractivity contribution in [1.82, 2.24) is 0 Å². The number of esters is 1. The molecule has 1 unspecified atom stereocenters. The van der Waals surface area contributed by atoms with Gasteiger partial charge in [-0.25, -0.2) is 4.79 Å². The Kier molecular flexibility index (Phi) is 6.80. The van der Waals surface area contributed by atoms with Crippen LogP contribution >= 0.6 is 11.6 Å². The van der Waals surface area contributed by atoms with E-state index in [0.29, 0.717) is 16.5 Å². The molecule has 0 spiro atoms. The number of methoxy groups -OCH3 is 1. The summed E-state index contributed by atoms with van der Waals surface area (Å²) in [6, 6.07) is 4.52. The lowest BCUT2D eigenvalue weighted by molar-refractivity contribution is -0.116. The third kappa shape index (κ3) is 5.11. The number of ether oxygens (including phenoxy) is 1. The number of nitrogens with zero attached hydrogens (tertiary/aromatic N) is 1. The summed E-state index contributed by atoms with van der Waals surface area (Å²) in [6.07, 6.45) is 0.735. The molecule has 1 amide bonds. The van der Waals surface area contributed by atoms with E-state index in [2.05, 4.69) is 4.74 Å². The zero-order chi connectivity index (χ0) is 16.0. The number of hydrogen-bond acceptors (Lipinski definition) is 5. The van der Waals surface area contributed by atoms with Crippen LogP contribution in [0.2, 0.25) is 5.02 Å². The molecule has 6 nitrogen and oxygen atoms in total. The highest BCUT2D eigenvalue weighted by Gasteiger charge is 2.29. The molecule has 0 aromatic heterocycles. The molecule has 0 saturated heterocycles. The molecular formula is C13H18ClN2O4S+. The molecule has 0 aliphatic carbocycles. The minimum Gasteiger partial charge on any atom is -0.465 e. The van der Waals surface area contributed by atoms with Gasteiger partial charge in [-0.2, -0.15) is 8.86 Å². The van der Waals surface area contributed by atoms with Gasteiger partial charge in [-0.05, 0) is 24.6 Å². The monoisotopic (exact) mass is 333 g/mol. The Morgan fingerprint density at radius 1 is 1.43 bits per heavy atom. The third-order valence-corrected chi connectivity index (χ3v) is 4.37. The molecule has 0 bridgehead atoms. The Morgan fingerprint density at radius 3 is 2.62 bits per heavy atom. The van der Waals surface area contributed by atoms with E-state index in [1.54, 1.807) is 6.07 Å². The molecule has 0 radical (unpaired) electrons. The predicted octanol–water partition coefficient (Wildman–Crippen LogP) is 1.83. The van der Waals surface area contributed by atoms with Gasteiger partial charge in [0.05, 0.1) is 18.4 Å². The van der Waals surface area contributed by atoms with E-state index >= 15 is 0 Å². The van der Waals surface area contributed by atoms with E-state index in [4.69, 9.17) is 17.3 Å². The summed E-state index contributed by atoms with van der Waals surface area (Å²) in [6.45, 7) is 1.75. The first-order chi connectivity index (χ1) is 9.88. The summed E-state index contributed by atoms with van der Waals surface area (Å²) < 4.78 is 16.3. The van der Waals surface area contributed by atoms with E-state index in [1.807, 2.05) is 6.92 Å². The number of anilines is 1. The predicted molar refractivity (Wildman–Crippen MR) is 84.5 cm³/mol. The summed E-state index contributed by atoms with van der Waals surface area (Å²) in [5.41, 5.74) is 5.90. The van der Waals surface area contributed by atoms with E-state index in [-0.39, 0.29) is 12.1 Å². The van der Waals surface area contributed by atoms with Gasteiger partial charge in [0, 0.05) is 5.02 Å². The lowest BCUT2D eigenvalue weighted by Gasteiger charge is -2.18. The van der Waals surface area contributed by atoms with Crippen LogP contribution in [0.4, 0.5) is 5.69 Å². The molecule has 1 aromatic rings. The van der Waals surface area contributed by atoms with Crippen molar-refractivity contribution >= 4 is 40.5 Å². The maximum absolute atomic E-state index is 11.6. The maximum atomic E-state index is 11.6. The van der Waals surface area contributed by atoms with Crippen molar-refractivity contribution in [3.8, 4) is 0 Å². The first-order valence-electron chi connectivity index (χ1n) is 6.23. The number of hydrogen-bond donors (Lipinski definition) is 2. The fourth-order valence-electron chi connectivity index (χ4n) is 1.68. The van der Waals surface area contributed by atoms with Crippen molar-refractivity contribution in [3.05, 3.63) is 28.8 Å². The number of benzene rings is 1. The maximum Gasteiger partial charge on any atom is 0.337 e. The third-order valence-electron chi connectivity index (χ3n) is 2.53. The molecule has 116 valence electrons. The van der Waals surface area contributed by atoms with Gasteiger partial charge in [0.2, 0.25) is 5.91 Å². The summed E-state index contributed by atoms with van der Waals surface area (Å²) >= 11 is 4.79. The SMILES string of the molecule is CCC[S+](O)N(CC(N)=O)c1cc(Cl)cc(C(=O)OC)c1. The molecule has 0 heterocycles. The quantitative estimate of drug-likeness (QED) is 0.586. The topological polar surface area (TPSA) is 92.9 Å². The summed E-state index contributed by atoms with van der Waals surface area (Å²) in [4.78, 5) is 22.8. The molecule has 21 heavy (non-hydrogen) atoms. The lowest BCUT2D eigenvalue weighted by atomic mass is 10.2. The van der Waals surface area contributed by atoms with Crippen LogP contribution in [0, 0.1) is 0 Å². The Bertz CT molecular complexity index is 527. The van der Waals surface area contributed by atoms with Gasteiger partial charge >= 0.3 is 5.97 Å². The first kappa shape index (κ1) is 17.6. The van der Waals surface area contributed by atoms with Crippen LogP contribution < -0.4 is 10.0 Å². The molecule has 3 N–H and O–H groups in total. The number of amides is 1. The number of rotatable bonds is 7. The molecular weight excluding hydrogens is 316 g/mol. The highest BCUT2D eigenvalue weighted by molar-refractivity contribution is 7.92. The molecule has 1 rings (SSSR count). The number of carbonyl (C=O) groups excluding carboxylic acids is 2. The van der Waals surface area contributed by atoms with Crippen LogP contribution in [0.1, 0.15) is 23.7 Å². The van der Waals surface area contributed by atoms with Gasteiger partial charge in [0.15, 0.2) is 5.75 Å². The standard InChI is InChI=1S/C13H17ClN2O4S/c1-3-4-21(19)16(8-12(15)17)11-6-9(13(18)20-2)5-10(14)7-11/h5-7,19H,3-4,8H2,1-2H3,(H-,15,17)/p+1. The number of carbonyl (C=O) groups is 2. The smallest absolute Gasteiger partial charge is 0.337 e. The van der Waals surface area contributed by atoms with Gasteiger partial charge in [-0.1, -0.05) is 18.5 Å². The molecule has 1 aromatic carbocycles. The number of nitrogens with two attached hydrogens (primary N) is 1. The summed E-state index contributed by atoms with van der Waals surface area (Å²) in [7, 11) is 1.26. The van der Waals surface area contributed by atoms with Gasteiger partial charge < -0.3 is 10.5 Å². The van der Waals surface area contributed by atoms with Gasteiger partial charge in [-0.15, -0.1) is 0 Å². The average Bonchev–Trinajstić information content (AvgIpc) is 2.43. The Balaban J connectivity index is 3.19.